The van der Waals surface area contributed by atoms with Crippen LogP contribution in [0.3, 0.4) is 0 Å². The summed E-state index contributed by atoms with van der Waals surface area (Å²) in [5.41, 5.74) is 0.881. The average molecular weight is 201 g/mol. The number of H-pyrrole nitrogens is 1. The van der Waals surface area contributed by atoms with Gasteiger partial charge in [-0.2, -0.15) is 5.26 Å². The highest BCUT2D eigenvalue weighted by molar-refractivity contribution is 5.51. The Kier molecular flexibility index (Phi) is 2.29. The second-order valence-electron chi connectivity index (χ2n) is 2.84. The van der Waals surface area contributed by atoms with Crippen LogP contribution in [0.15, 0.2) is 29.5 Å². The third-order valence-corrected chi connectivity index (χ3v) is 1.86. The monoisotopic (exact) mass is 201 g/mol. The highest BCUT2D eigenvalue weighted by Crippen LogP contribution is 2.08. The highest BCUT2D eigenvalue weighted by atomic mass is 16.1. The number of nitrogens with zero attached hydrogens (tertiary/aromatic N) is 4. The van der Waals surface area contributed by atoms with Gasteiger partial charge in [0.15, 0.2) is 0 Å². The van der Waals surface area contributed by atoms with Gasteiger partial charge >= 0.3 is 0 Å². The van der Waals surface area contributed by atoms with Crippen LogP contribution in [0.25, 0.3) is 11.4 Å². The largest absolute Gasteiger partial charge is 0.292 e. The van der Waals surface area contributed by atoms with Gasteiger partial charge in [0.1, 0.15) is 12.2 Å². The van der Waals surface area contributed by atoms with Crippen LogP contribution in [0.2, 0.25) is 0 Å². The van der Waals surface area contributed by atoms with E-state index in [0.29, 0.717) is 11.4 Å². The van der Waals surface area contributed by atoms with Crippen molar-refractivity contribution >= 4 is 0 Å². The molecule has 0 unspecified atom stereocenters. The average Bonchev–Trinajstić information content (AvgIpc) is 2.63. The zero-order chi connectivity index (χ0) is 10.7. The molecule has 2 rings (SSSR count). The predicted molar refractivity (Wildman–Crippen MR) is 51.7 cm³/mol. The molecule has 1 N–H and O–H groups in total. The maximum Gasteiger partial charge on any atom is 0.268 e. The van der Waals surface area contributed by atoms with E-state index in [0.717, 1.165) is 0 Å². The molecule has 0 saturated heterocycles. The number of nitrogens with one attached hydrogen (secondary N) is 1. The molecule has 6 nitrogen and oxygen atoms in total. The zero-order valence-electron chi connectivity index (χ0n) is 7.71. The van der Waals surface area contributed by atoms with Crippen molar-refractivity contribution in [1.29, 1.82) is 5.26 Å². The van der Waals surface area contributed by atoms with Gasteiger partial charge < -0.3 is 0 Å². The summed E-state index contributed by atoms with van der Waals surface area (Å²) < 4.78 is 1.21. The maximum atomic E-state index is 11.3. The van der Waals surface area contributed by atoms with E-state index in [1.807, 2.05) is 6.07 Å². The predicted octanol–water partition coefficient (Wildman–Crippen LogP) is 0.157. The fourth-order valence-electron chi connectivity index (χ4n) is 1.19. The lowest BCUT2D eigenvalue weighted by molar-refractivity contribution is 0.687. The Hall–Kier alpha value is -2.42. The molecule has 0 bridgehead atoms. The van der Waals surface area contributed by atoms with Gasteiger partial charge in [0.05, 0.1) is 18.0 Å². The van der Waals surface area contributed by atoms with Gasteiger partial charge in [-0.15, -0.1) is 0 Å². The van der Waals surface area contributed by atoms with E-state index < -0.39 is 0 Å². The summed E-state index contributed by atoms with van der Waals surface area (Å²) >= 11 is 0. The maximum absolute atomic E-state index is 11.3. The molecule has 0 atom stereocenters. The van der Waals surface area contributed by atoms with E-state index in [-0.39, 0.29) is 12.1 Å². The molecule has 74 valence electrons. The molecule has 0 aliphatic heterocycles. The summed E-state index contributed by atoms with van der Waals surface area (Å²) in [4.78, 5) is 19.3. The van der Waals surface area contributed by atoms with Crippen molar-refractivity contribution in [2.75, 3.05) is 0 Å². The van der Waals surface area contributed by atoms with Gasteiger partial charge in [0.2, 0.25) is 0 Å². The van der Waals surface area contributed by atoms with Crippen LogP contribution in [0.1, 0.15) is 0 Å². The normalized spacial score (nSPS) is 9.80. The summed E-state index contributed by atoms with van der Waals surface area (Å²) in [7, 11) is 0. The van der Waals surface area contributed by atoms with E-state index in [1.54, 1.807) is 12.4 Å². The summed E-state index contributed by atoms with van der Waals surface area (Å²) in [6, 6.07) is 3.28. The summed E-state index contributed by atoms with van der Waals surface area (Å²) in [6.45, 7) is -0.000897. The summed E-state index contributed by atoms with van der Waals surface area (Å²) in [5.74, 6) is 0. The van der Waals surface area contributed by atoms with Crippen molar-refractivity contribution in [3.8, 4) is 17.5 Å². The Morgan fingerprint density at radius 3 is 3.07 bits per heavy atom. The Morgan fingerprint density at radius 1 is 1.53 bits per heavy atom. The quantitative estimate of drug-likeness (QED) is 0.749. The number of hydrogen-bond acceptors (Lipinski definition) is 4. The molecule has 0 saturated carbocycles. The first-order valence-corrected chi connectivity index (χ1v) is 4.24. The van der Waals surface area contributed by atoms with Gasteiger partial charge in [-0.3, -0.25) is 19.9 Å². The molecule has 15 heavy (non-hydrogen) atoms. The molecule has 0 aliphatic rings. The molecular formula is C9H7N5O. The van der Waals surface area contributed by atoms with Crippen molar-refractivity contribution in [3.63, 3.8) is 0 Å². The third kappa shape index (κ3) is 1.76. The number of rotatable bonds is 2. The Morgan fingerprint density at radius 2 is 2.40 bits per heavy atom. The molecule has 0 spiro atoms. The Labute approximate surface area is 84.8 Å². The van der Waals surface area contributed by atoms with Crippen LogP contribution in [0.5, 0.6) is 0 Å². The van der Waals surface area contributed by atoms with Crippen molar-refractivity contribution in [2.45, 2.75) is 6.54 Å². The standard InChI is InChI=1S/C9H7N5O/c10-1-4-14-9(15)5-7(13-14)8-6-11-2-3-12-8/h2-3,5-6,13H,4H2. The van der Waals surface area contributed by atoms with Crippen molar-refractivity contribution < 1.29 is 0 Å². The molecule has 2 heterocycles. The molecular weight excluding hydrogens is 194 g/mol. The lowest BCUT2D eigenvalue weighted by Crippen LogP contribution is -2.14. The first kappa shape index (κ1) is 9.15. The minimum atomic E-state index is -0.253. The van der Waals surface area contributed by atoms with Gasteiger partial charge in [-0.1, -0.05) is 0 Å². The summed E-state index contributed by atoms with van der Waals surface area (Å²) in [5, 5.41) is 11.2. The second kappa shape index (κ2) is 3.75. The van der Waals surface area contributed by atoms with Crippen LogP contribution >= 0.6 is 0 Å². The second-order valence-corrected chi connectivity index (χ2v) is 2.84. The topological polar surface area (TPSA) is 87.4 Å². The Balaban J connectivity index is 2.44. The number of nitriles is 1. The van der Waals surface area contributed by atoms with Crippen LogP contribution in [0, 0.1) is 11.3 Å². The molecule has 0 fully saturated rings. The van der Waals surface area contributed by atoms with Crippen LogP contribution in [0.4, 0.5) is 0 Å². The van der Waals surface area contributed by atoms with Crippen molar-refractivity contribution in [1.82, 2.24) is 19.7 Å². The molecule has 2 aromatic rings. The zero-order valence-corrected chi connectivity index (χ0v) is 7.71. The van der Waals surface area contributed by atoms with E-state index in [1.165, 1.54) is 16.9 Å². The molecule has 0 amide bonds. The molecule has 0 aliphatic carbocycles. The number of aromatic amines is 1. The van der Waals surface area contributed by atoms with Gasteiger partial charge in [0.25, 0.3) is 5.56 Å². The molecule has 6 heteroatoms. The third-order valence-electron chi connectivity index (χ3n) is 1.86. The fourth-order valence-corrected chi connectivity index (χ4v) is 1.19. The van der Waals surface area contributed by atoms with E-state index in [2.05, 4.69) is 15.1 Å². The van der Waals surface area contributed by atoms with Crippen LogP contribution in [-0.2, 0) is 6.54 Å². The number of aromatic nitrogens is 4. The van der Waals surface area contributed by atoms with E-state index >= 15 is 0 Å². The van der Waals surface area contributed by atoms with E-state index in [9.17, 15) is 4.79 Å². The fraction of sp³-hybridized carbons (Fsp3) is 0.111. The lowest BCUT2D eigenvalue weighted by atomic mass is 10.3. The SMILES string of the molecule is N#CCn1[nH]c(-c2cnccn2)cc1=O. The minimum Gasteiger partial charge on any atom is -0.292 e. The smallest absolute Gasteiger partial charge is 0.268 e. The molecule has 0 aromatic carbocycles. The first-order valence-electron chi connectivity index (χ1n) is 4.24. The van der Waals surface area contributed by atoms with Crippen molar-refractivity contribution in [2.24, 2.45) is 0 Å². The van der Waals surface area contributed by atoms with Crippen molar-refractivity contribution in [3.05, 3.63) is 35.0 Å². The van der Waals surface area contributed by atoms with Crippen LogP contribution < -0.4 is 5.56 Å². The number of hydrogen-bond donors (Lipinski definition) is 1. The van der Waals surface area contributed by atoms with Crippen LogP contribution in [-0.4, -0.2) is 19.7 Å². The van der Waals surface area contributed by atoms with E-state index in [4.69, 9.17) is 5.26 Å². The molecule has 2 aromatic heterocycles. The van der Waals surface area contributed by atoms with Gasteiger partial charge in [0, 0.05) is 18.5 Å². The highest BCUT2D eigenvalue weighted by Gasteiger charge is 2.05. The lowest BCUT2D eigenvalue weighted by Gasteiger charge is -1.95. The summed E-state index contributed by atoms with van der Waals surface area (Å²) in [6.07, 6.45) is 4.63. The minimum absolute atomic E-state index is 0.000897. The molecule has 0 radical (unpaired) electrons. The van der Waals surface area contributed by atoms with Gasteiger partial charge in [-0.05, 0) is 0 Å². The van der Waals surface area contributed by atoms with Gasteiger partial charge in [-0.25, -0.2) is 4.68 Å². The Bertz CT molecular complexity index is 548. The first-order chi connectivity index (χ1) is 7.31.